The monoisotopic (exact) mass is 288 g/mol. The fourth-order valence-corrected chi connectivity index (χ4v) is 3.25. The Morgan fingerprint density at radius 2 is 2.38 bits per heavy atom. The van der Waals surface area contributed by atoms with E-state index in [1.54, 1.807) is 0 Å². The maximum atomic E-state index is 12.7. The number of piperidine rings is 1. The quantitative estimate of drug-likeness (QED) is 0.922. The summed E-state index contributed by atoms with van der Waals surface area (Å²) >= 11 is 0. The molecule has 21 heavy (non-hydrogen) atoms. The van der Waals surface area contributed by atoms with Crippen molar-refractivity contribution in [2.24, 2.45) is 5.92 Å². The third-order valence-electron chi connectivity index (χ3n) is 4.48. The summed E-state index contributed by atoms with van der Waals surface area (Å²) in [5.41, 5.74) is 1.96. The van der Waals surface area contributed by atoms with Crippen LogP contribution < -0.4 is 10.1 Å². The Balaban J connectivity index is 1.69. The maximum absolute atomic E-state index is 12.7. The molecule has 0 radical (unpaired) electrons. The second-order valence-corrected chi connectivity index (χ2v) is 5.98. The van der Waals surface area contributed by atoms with Gasteiger partial charge in [-0.1, -0.05) is 0 Å². The molecule has 4 heteroatoms. The van der Waals surface area contributed by atoms with Crippen LogP contribution in [0, 0.1) is 5.92 Å². The molecule has 2 aliphatic heterocycles. The van der Waals surface area contributed by atoms with E-state index in [-0.39, 0.29) is 5.91 Å². The number of amides is 1. The van der Waals surface area contributed by atoms with E-state index in [9.17, 15) is 4.79 Å². The van der Waals surface area contributed by atoms with E-state index >= 15 is 0 Å². The highest BCUT2D eigenvalue weighted by atomic mass is 16.5. The SMILES string of the molecule is CCN(CC1CCCNC1)C(=O)c1ccc2c(c1)CCO2. The summed E-state index contributed by atoms with van der Waals surface area (Å²) < 4.78 is 5.51. The van der Waals surface area contributed by atoms with Crippen molar-refractivity contribution >= 4 is 5.91 Å². The standard InChI is InChI=1S/C17H24N2O2/c1-2-19(12-13-4-3-8-18-11-13)17(20)15-5-6-16-14(10-15)7-9-21-16/h5-6,10,13,18H,2-4,7-9,11-12H2,1H3. The minimum absolute atomic E-state index is 0.151. The van der Waals surface area contributed by atoms with E-state index in [0.29, 0.717) is 5.92 Å². The molecule has 3 rings (SSSR count). The average molecular weight is 288 g/mol. The minimum Gasteiger partial charge on any atom is -0.493 e. The number of carbonyl (C=O) groups is 1. The van der Waals surface area contributed by atoms with Crippen molar-refractivity contribution in [3.8, 4) is 5.75 Å². The molecule has 0 aromatic heterocycles. The maximum Gasteiger partial charge on any atom is 0.253 e. The van der Waals surface area contributed by atoms with Gasteiger partial charge in [0.2, 0.25) is 0 Å². The number of nitrogens with zero attached hydrogens (tertiary/aromatic N) is 1. The molecule has 0 saturated carbocycles. The topological polar surface area (TPSA) is 41.6 Å². The highest BCUT2D eigenvalue weighted by Gasteiger charge is 2.22. The summed E-state index contributed by atoms with van der Waals surface area (Å²) in [6.07, 6.45) is 3.34. The van der Waals surface area contributed by atoms with Crippen LogP contribution in [-0.4, -0.2) is 43.6 Å². The van der Waals surface area contributed by atoms with Crippen LogP contribution in [0.1, 0.15) is 35.7 Å². The van der Waals surface area contributed by atoms with Gasteiger partial charge in [0.15, 0.2) is 0 Å². The molecule has 1 fully saturated rings. The van der Waals surface area contributed by atoms with Crippen molar-refractivity contribution in [1.29, 1.82) is 0 Å². The highest BCUT2D eigenvalue weighted by Crippen LogP contribution is 2.26. The zero-order chi connectivity index (χ0) is 14.7. The zero-order valence-electron chi connectivity index (χ0n) is 12.7. The number of carbonyl (C=O) groups excluding carboxylic acids is 1. The fraction of sp³-hybridized carbons (Fsp3) is 0.588. The van der Waals surface area contributed by atoms with E-state index in [1.165, 1.54) is 12.8 Å². The number of rotatable bonds is 4. The van der Waals surface area contributed by atoms with Gasteiger partial charge in [0.05, 0.1) is 6.61 Å². The van der Waals surface area contributed by atoms with Crippen LogP contribution in [0.2, 0.25) is 0 Å². The summed E-state index contributed by atoms with van der Waals surface area (Å²) in [4.78, 5) is 14.7. The lowest BCUT2D eigenvalue weighted by Gasteiger charge is -2.29. The molecular formula is C17H24N2O2. The molecule has 1 amide bonds. The molecular weight excluding hydrogens is 264 g/mol. The summed E-state index contributed by atoms with van der Waals surface area (Å²) in [6, 6.07) is 5.84. The summed E-state index contributed by atoms with van der Waals surface area (Å²) in [5.74, 6) is 1.67. The molecule has 114 valence electrons. The van der Waals surface area contributed by atoms with Gasteiger partial charge in [0, 0.05) is 25.1 Å². The van der Waals surface area contributed by atoms with Gasteiger partial charge in [-0.15, -0.1) is 0 Å². The van der Waals surface area contributed by atoms with Crippen LogP contribution in [0.25, 0.3) is 0 Å². The average Bonchev–Trinajstić information content (AvgIpc) is 3.00. The van der Waals surface area contributed by atoms with Gasteiger partial charge < -0.3 is 15.0 Å². The second kappa shape index (κ2) is 6.48. The van der Waals surface area contributed by atoms with Crippen molar-refractivity contribution in [3.63, 3.8) is 0 Å². The van der Waals surface area contributed by atoms with Crippen molar-refractivity contribution in [2.75, 3.05) is 32.8 Å². The molecule has 2 heterocycles. The molecule has 1 saturated heterocycles. The molecule has 4 nitrogen and oxygen atoms in total. The van der Waals surface area contributed by atoms with Crippen LogP contribution >= 0.6 is 0 Å². The van der Waals surface area contributed by atoms with Gasteiger partial charge in [0.1, 0.15) is 5.75 Å². The molecule has 2 aliphatic rings. The molecule has 0 bridgehead atoms. The Hall–Kier alpha value is -1.55. The smallest absolute Gasteiger partial charge is 0.253 e. The predicted molar refractivity (Wildman–Crippen MR) is 82.8 cm³/mol. The molecule has 1 unspecified atom stereocenters. The van der Waals surface area contributed by atoms with Crippen molar-refractivity contribution < 1.29 is 9.53 Å². The summed E-state index contributed by atoms with van der Waals surface area (Å²) in [7, 11) is 0. The zero-order valence-corrected chi connectivity index (χ0v) is 12.7. The molecule has 1 aromatic carbocycles. The first-order valence-electron chi connectivity index (χ1n) is 8.03. The van der Waals surface area contributed by atoms with Crippen LogP contribution in [0.5, 0.6) is 5.75 Å². The number of nitrogens with one attached hydrogen (secondary N) is 1. The Kier molecular flexibility index (Phi) is 4.44. The van der Waals surface area contributed by atoms with E-state index in [1.807, 2.05) is 23.1 Å². The van der Waals surface area contributed by atoms with Crippen molar-refractivity contribution in [1.82, 2.24) is 10.2 Å². The van der Waals surface area contributed by atoms with E-state index in [4.69, 9.17) is 4.74 Å². The third kappa shape index (κ3) is 3.21. The third-order valence-corrected chi connectivity index (χ3v) is 4.48. The number of hydrogen-bond donors (Lipinski definition) is 1. The Labute approximate surface area is 126 Å². The first kappa shape index (κ1) is 14.4. The highest BCUT2D eigenvalue weighted by molar-refractivity contribution is 5.94. The van der Waals surface area contributed by atoms with Gasteiger partial charge >= 0.3 is 0 Å². The minimum atomic E-state index is 0.151. The predicted octanol–water partition coefficient (Wildman–Crippen LogP) is 2.08. The number of fused-ring (bicyclic) bond motifs is 1. The fourth-order valence-electron chi connectivity index (χ4n) is 3.25. The Bertz CT molecular complexity index is 510. The van der Waals surface area contributed by atoms with Crippen molar-refractivity contribution in [2.45, 2.75) is 26.2 Å². The molecule has 0 aliphatic carbocycles. The normalized spacial score (nSPS) is 20.7. The van der Waals surface area contributed by atoms with E-state index < -0.39 is 0 Å². The van der Waals surface area contributed by atoms with E-state index in [0.717, 1.165) is 56.1 Å². The van der Waals surface area contributed by atoms with Crippen LogP contribution in [0.15, 0.2) is 18.2 Å². The van der Waals surface area contributed by atoms with Gasteiger partial charge in [0.25, 0.3) is 5.91 Å². The number of ether oxygens (including phenoxy) is 1. The number of hydrogen-bond acceptors (Lipinski definition) is 3. The summed E-state index contributed by atoms with van der Waals surface area (Å²) in [6.45, 7) is 6.56. The lowest BCUT2D eigenvalue weighted by atomic mass is 9.98. The van der Waals surface area contributed by atoms with Crippen LogP contribution in [0.4, 0.5) is 0 Å². The van der Waals surface area contributed by atoms with Gasteiger partial charge in [-0.05, 0) is 62.5 Å². The molecule has 0 spiro atoms. The Morgan fingerprint density at radius 1 is 1.48 bits per heavy atom. The van der Waals surface area contributed by atoms with Gasteiger partial charge in [-0.25, -0.2) is 0 Å². The van der Waals surface area contributed by atoms with Crippen molar-refractivity contribution in [3.05, 3.63) is 29.3 Å². The molecule has 1 N–H and O–H groups in total. The van der Waals surface area contributed by atoms with Gasteiger partial charge in [-0.3, -0.25) is 4.79 Å². The first-order chi connectivity index (χ1) is 10.3. The second-order valence-electron chi connectivity index (χ2n) is 5.98. The Morgan fingerprint density at radius 3 is 3.14 bits per heavy atom. The first-order valence-corrected chi connectivity index (χ1v) is 8.03. The lowest BCUT2D eigenvalue weighted by molar-refractivity contribution is 0.0729. The van der Waals surface area contributed by atoms with Crippen LogP contribution in [-0.2, 0) is 6.42 Å². The van der Waals surface area contributed by atoms with Crippen LogP contribution in [0.3, 0.4) is 0 Å². The largest absolute Gasteiger partial charge is 0.493 e. The molecule has 1 aromatic rings. The molecule has 1 atom stereocenters. The lowest BCUT2D eigenvalue weighted by Crippen LogP contribution is -2.41. The number of benzene rings is 1. The van der Waals surface area contributed by atoms with Gasteiger partial charge in [-0.2, -0.15) is 0 Å². The summed E-state index contributed by atoms with van der Waals surface area (Å²) in [5, 5.41) is 3.42. The van der Waals surface area contributed by atoms with E-state index in [2.05, 4.69) is 12.2 Å².